The molecule has 100 valence electrons. The van der Waals surface area contributed by atoms with Crippen molar-refractivity contribution in [3.05, 3.63) is 23.3 Å². The van der Waals surface area contributed by atoms with Crippen molar-refractivity contribution in [1.82, 2.24) is 5.32 Å². The predicted molar refractivity (Wildman–Crippen MR) is 58.2 cm³/mol. The molecule has 3 N–H and O–H groups in total. The molecule has 1 aliphatic carbocycles. The first-order chi connectivity index (χ1) is 8.20. The molecular weight excluding hydrogens is 249 g/mol. The van der Waals surface area contributed by atoms with Crippen molar-refractivity contribution in [1.29, 1.82) is 0 Å². The number of halogens is 3. The van der Waals surface area contributed by atoms with Crippen LogP contribution in [0.3, 0.4) is 0 Å². The topological polar surface area (TPSA) is 72.2 Å². The maximum absolute atomic E-state index is 12.6. The van der Waals surface area contributed by atoms with E-state index in [9.17, 15) is 22.8 Å². The summed E-state index contributed by atoms with van der Waals surface area (Å²) in [5.74, 6) is -1.88. The van der Waals surface area contributed by atoms with Crippen LogP contribution in [-0.2, 0) is 9.59 Å². The van der Waals surface area contributed by atoms with Crippen molar-refractivity contribution in [2.75, 3.05) is 6.54 Å². The van der Waals surface area contributed by atoms with E-state index in [-0.39, 0.29) is 17.9 Å². The molecule has 0 bridgehead atoms. The molecule has 1 unspecified atom stereocenters. The summed E-state index contributed by atoms with van der Waals surface area (Å²) in [6.07, 6.45) is -2.37. The summed E-state index contributed by atoms with van der Waals surface area (Å²) < 4.78 is 37.7. The van der Waals surface area contributed by atoms with Crippen molar-refractivity contribution in [3.63, 3.8) is 0 Å². The predicted octanol–water partition coefficient (Wildman–Crippen LogP) is 1.04. The Morgan fingerprint density at radius 3 is 2.61 bits per heavy atom. The van der Waals surface area contributed by atoms with E-state index in [1.54, 1.807) is 6.92 Å². The highest BCUT2D eigenvalue weighted by Gasteiger charge is 2.36. The molecule has 0 fully saturated rings. The summed E-state index contributed by atoms with van der Waals surface area (Å²) in [5.41, 5.74) is 3.98. The minimum atomic E-state index is -4.45. The molecule has 0 aromatic rings. The molecule has 0 radical (unpaired) electrons. The monoisotopic (exact) mass is 262 g/mol. The zero-order chi connectivity index (χ0) is 13.9. The Morgan fingerprint density at radius 2 is 2.11 bits per heavy atom. The summed E-state index contributed by atoms with van der Waals surface area (Å²) in [6, 6.07) is 0. The number of nitrogens with two attached hydrogens (primary N) is 1. The maximum Gasteiger partial charge on any atom is 0.412 e. The number of rotatable bonds is 3. The van der Waals surface area contributed by atoms with Gasteiger partial charge >= 0.3 is 6.18 Å². The quantitative estimate of drug-likeness (QED) is 0.797. The molecule has 1 rings (SSSR count). The standard InChI is InChI=1S/C11H13F3N2O2/c1-6-2-7(10(18)16-5-9(15)17)4-8(3-6)11(12,13)14/h2,4,6H,3,5H2,1H3,(H2,15,17)(H,16,18). The van der Waals surface area contributed by atoms with Crippen LogP contribution in [0.15, 0.2) is 23.3 Å². The van der Waals surface area contributed by atoms with Gasteiger partial charge in [-0.15, -0.1) is 0 Å². The normalized spacial score (nSPS) is 19.9. The largest absolute Gasteiger partial charge is 0.412 e. The van der Waals surface area contributed by atoms with Crippen molar-refractivity contribution < 1.29 is 22.8 Å². The van der Waals surface area contributed by atoms with Crippen LogP contribution in [0, 0.1) is 5.92 Å². The number of allylic oxidation sites excluding steroid dienone is 2. The lowest BCUT2D eigenvalue weighted by Crippen LogP contribution is -2.34. The Labute approximate surface area is 102 Å². The number of hydrogen-bond donors (Lipinski definition) is 2. The number of alkyl halides is 3. The molecule has 0 aromatic carbocycles. The Hall–Kier alpha value is -1.79. The molecule has 18 heavy (non-hydrogen) atoms. The lowest BCUT2D eigenvalue weighted by atomic mass is 9.91. The highest BCUT2D eigenvalue weighted by atomic mass is 19.4. The molecule has 1 aliphatic rings. The van der Waals surface area contributed by atoms with Gasteiger partial charge in [-0.2, -0.15) is 13.2 Å². The first kappa shape index (κ1) is 14.3. The molecule has 0 saturated heterocycles. The van der Waals surface area contributed by atoms with Crippen LogP contribution in [0.4, 0.5) is 13.2 Å². The molecule has 7 heteroatoms. The fourth-order valence-corrected chi connectivity index (χ4v) is 1.62. The van der Waals surface area contributed by atoms with E-state index in [0.29, 0.717) is 0 Å². The highest BCUT2D eigenvalue weighted by molar-refractivity contribution is 5.98. The molecule has 2 amide bonds. The third kappa shape index (κ3) is 3.90. The fraction of sp³-hybridized carbons (Fsp3) is 0.455. The molecule has 0 aliphatic heterocycles. The van der Waals surface area contributed by atoms with Gasteiger partial charge in [-0.1, -0.05) is 13.0 Å². The summed E-state index contributed by atoms with van der Waals surface area (Å²) in [4.78, 5) is 22.0. The van der Waals surface area contributed by atoms with E-state index in [1.165, 1.54) is 6.08 Å². The number of primary amides is 1. The third-order valence-electron chi connectivity index (χ3n) is 2.39. The van der Waals surface area contributed by atoms with Gasteiger partial charge in [0.15, 0.2) is 0 Å². The zero-order valence-corrected chi connectivity index (χ0v) is 9.67. The number of carbonyl (C=O) groups is 2. The Balaban J connectivity index is 2.84. The Kier molecular flexibility index (Phi) is 4.15. The molecule has 1 atom stereocenters. The third-order valence-corrected chi connectivity index (χ3v) is 2.39. The number of nitrogens with one attached hydrogen (secondary N) is 1. The fourth-order valence-electron chi connectivity index (χ4n) is 1.62. The Bertz CT molecular complexity index is 424. The van der Waals surface area contributed by atoms with Gasteiger partial charge < -0.3 is 11.1 Å². The van der Waals surface area contributed by atoms with E-state index in [0.717, 1.165) is 6.08 Å². The van der Waals surface area contributed by atoms with Gasteiger partial charge in [0.05, 0.1) is 6.54 Å². The second-order valence-corrected chi connectivity index (χ2v) is 4.12. The lowest BCUT2D eigenvalue weighted by molar-refractivity contribution is -0.122. The summed E-state index contributed by atoms with van der Waals surface area (Å²) in [5, 5.41) is 2.15. The molecule has 0 spiro atoms. The number of carbonyl (C=O) groups excluding carboxylic acids is 2. The average molecular weight is 262 g/mol. The van der Waals surface area contributed by atoms with Gasteiger partial charge in [-0.25, -0.2) is 0 Å². The molecular formula is C11H13F3N2O2. The van der Waals surface area contributed by atoms with Crippen LogP contribution < -0.4 is 11.1 Å². The van der Waals surface area contributed by atoms with E-state index in [1.807, 2.05) is 0 Å². The first-order valence-electron chi connectivity index (χ1n) is 5.26. The van der Waals surface area contributed by atoms with Gasteiger partial charge in [-0.05, 0) is 18.4 Å². The molecule has 4 nitrogen and oxygen atoms in total. The Morgan fingerprint density at radius 1 is 1.50 bits per heavy atom. The summed E-state index contributed by atoms with van der Waals surface area (Å²) in [7, 11) is 0. The second kappa shape index (κ2) is 5.24. The van der Waals surface area contributed by atoms with E-state index >= 15 is 0 Å². The minimum Gasteiger partial charge on any atom is -0.368 e. The maximum atomic E-state index is 12.6. The summed E-state index contributed by atoms with van der Waals surface area (Å²) in [6.45, 7) is 1.18. The second-order valence-electron chi connectivity index (χ2n) is 4.12. The van der Waals surface area contributed by atoms with Gasteiger partial charge in [0.1, 0.15) is 0 Å². The van der Waals surface area contributed by atoms with Crippen LogP contribution in [0.2, 0.25) is 0 Å². The van der Waals surface area contributed by atoms with Gasteiger partial charge in [0.2, 0.25) is 5.91 Å². The zero-order valence-electron chi connectivity index (χ0n) is 9.67. The summed E-state index contributed by atoms with van der Waals surface area (Å²) >= 11 is 0. The van der Waals surface area contributed by atoms with Crippen molar-refractivity contribution >= 4 is 11.8 Å². The van der Waals surface area contributed by atoms with Crippen LogP contribution >= 0.6 is 0 Å². The highest BCUT2D eigenvalue weighted by Crippen LogP contribution is 2.34. The van der Waals surface area contributed by atoms with Crippen LogP contribution in [0.5, 0.6) is 0 Å². The van der Waals surface area contributed by atoms with Crippen LogP contribution in [-0.4, -0.2) is 24.5 Å². The van der Waals surface area contributed by atoms with Crippen molar-refractivity contribution in [2.24, 2.45) is 11.7 Å². The molecule has 0 saturated carbocycles. The van der Waals surface area contributed by atoms with E-state index in [2.05, 4.69) is 5.32 Å². The SMILES string of the molecule is CC1C=C(C(=O)NCC(N)=O)C=C(C(F)(F)F)C1. The van der Waals surface area contributed by atoms with Crippen LogP contribution in [0.25, 0.3) is 0 Å². The van der Waals surface area contributed by atoms with Gasteiger partial charge in [-0.3, -0.25) is 9.59 Å². The van der Waals surface area contributed by atoms with Crippen molar-refractivity contribution in [3.8, 4) is 0 Å². The van der Waals surface area contributed by atoms with E-state index in [4.69, 9.17) is 5.73 Å². The van der Waals surface area contributed by atoms with E-state index < -0.39 is 30.1 Å². The smallest absolute Gasteiger partial charge is 0.368 e. The number of amides is 2. The van der Waals surface area contributed by atoms with Crippen molar-refractivity contribution in [2.45, 2.75) is 19.5 Å². The van der Waals surface area contributed by atoms with Gasteiger partial charge in [0, 0.05) is 11.1 Å². The molecule has 0 heterocycles. The average Bonchev–Trinajstić information content (AvgIpc) is 2.23. The number of hydrogen-bond acceptors (Lipinski definition) is 2. The minimum absolute atomic E-state index is 0.0951. The molecule has 0 aromatic heterocycles. The van der Waals surface area contributed by atoms with Gasteiger partial charge in [0.25, 0.3) is 5.91 Å². The first-order valence-corrected chi connectivity index (χ1v) is 5.26. The lowest BCUT2D eigenvalue weighted by Gasteiger charge is -2.20. The van der Waals surface area contributed by atoms with Crippen LogP contribution in [0.1, 0.15) is 13.3 Å².